The van der Waals surface area contributed by atoms with Gasteiger partial charge < -0.3 is 5.32 Å². The van der Waals surface area contributed by atoms with Gasteiger partial charge >= 0.3 is 0 Å². The van der Waals surface area contributed by atoms with E-state index in [9.17, 15) is 0 Å². The Morgan fingerprint density at radius 1 is 1.47 bits per heavy atom. The van der Waals surface area contributed by atoms with Gasteiger partial charge in [0.15, 0.2) is 4.34 Å². The van der Waals surface area contributed by atoms with Crippen LogP contribution in [-0.2, 0) is 0 Å². The first-order valence-electron chi connectivity index (χ1n) is 4.93. The third-order valence-corrected chi connectivity index (χ3v) is 4.65. The number of rotatable bonds is 4. The Balaban J connectivity index is 2.23. The van der Waals surface area contributed by atoms with Crippen molar-refractivity contribution in [1.82, 2.24) is 19.3 Å². The van der Waals surface area contributed by atoms with E-state index < -0.39 is 0 Å². The molecule has 17 heavy (non-hydrogen) atoms. The van der Waals surface area contributed by atoms with E-state index in [1.165, 1.54) is 23.3 Å². The van der Waals surface area contributed by atoms with Gasteiger partial charge in [0.05, 0.1) is 4.47 Å². The normalized spacial score (nSPS) is 10.5. The topological polar surface area (TPSA) is 63.6 Å². The van der Waals surface area contributed by atoms with Crippen LogP contribution in [-0.4, -0.2) is 25.9 Å². The molecule has 0 unspecified atom stereocenters. The molecule has 2 aromatic heterocycles. The Kier molecular flexibility index (Phi) is 4.30. The van der Waals surface area contributed by atoms with Crippen molar-refractivity contribution in [3.63, 3.8) is 0 Å². The molecule has 0 bridgehead atoms. The number of hydrogen-bond acceptors (Lipinski definition) is 7. The monoisotopic (exact) mass is 331 g/mol. The van der Waals surface area contributed by atoms with Crippen molar-refractivity contribution in [3.8, 4) is 0 Å². The van der Waals surface area contributed by atoms with Crippen LogP contribution < -0.4 is 5.32 Å². The maximum Gasteiger partial charge on any atom is 0.176 e. The molecule has 0 saturated carbocycles. The summed E-state index contributed by atoms with van der Waals surface area (Å²) in [4.78, 5) is 12.7. The lowest BCUT2D eigenvalue weighted by Crippen LogP contribution is -2.01. The Labute approximate surface area is 116 Å². The number of halogens is 1. The molecular formula is C9H10BrN5S2. The zero-order valence-electron chi connectivity index (χ0n) is 9.27. The first-order chi connectivity index (χ1) is 8.20. The van der Waals surface area contributed by atoms with Gasteiger partial charge in [-0.05, 0) is 53.1 Å². The van der Waals surface area contributed by atoms with Gasteiger partial charge in [-0.1, -0.05) is 0 Å². The lowest BCUT2D eigenvalue weighted by molar-refractivity contribution is 1.01. The first-order valence-corrected chi connectivity index (χ1v) is 7.31. The van der Waals surface area contributed by atoms with E-state index in [2.05, 4.69) is 40.6 Å². The molecule has 0 aliphatic carbocycles. The number of anilines is 1. The van der Waals surface area contributed by atoms with E-state index >= 15 is 0 Å². The summed E-state index contributed by atoms with van der Waals surface area (Å²) >= 11 is 6.35. The summed E-state index contributed by atoms with van der Waals surface area (Å²) in [5.74, 6) is 1.58. The second-order valence-corrected chi connectivity index (χ2v) is 5.86. The maximum absolute atomic E-state index is 4.29. The zero-order chi connectivity index (χ0) is 12.3. The summed E-state index contributed by atoms with van der Waals surface area (Å²) in [6.07, 6.45) is 1.54. The lowest BCUT2D eigenvalue weighted by atomic mass is 10.5. The molecule has 0 spiro atoms. The fourth-order valence-corrected chi connectivity index (χ4v) is 3.26. The zero-order valence-corrected chi connectivity index (χ0v) is 12.5. The van der Waals surface area contributed by atoms with Crippen LogP contribution in [0.5, 0.6) is 0 Å². The van der Waals surface area contributed by atoms with Crippen LogP contribution in [0.1, 0.15) is 12.7 Å². The van der Waals surface area contributed by atoms with Crippen molar-refractivity contribution in [2.45, 2.75) is 23.2 Å². The summed E-state index contributed by atoms with van der Waals surface area (Å²) in [6.45, 7) is 4.72. The summed E-state index contributed by atoms with van der Waals surface area (Å²) in [7, 11) is 0. The minimum Gasteiger partial charge on any atom is -0.369 e. The third kappa shape index (κ3) is 3.14. The standard InChI is InChI=1S/C9H10BrN5S2/c1-3-11-7-6(10)8(13-4-12-7)16-9-14-5(2)15-17-9/h4H,3H2,1-2H3,(H,11,12,13). The van der Waals surface area contributed by atoms with E-state index in [-0.39, 0.29) is 0 Å². The maximum atomic E-state index is 4.29. The summed E-state index contributed by atoms with van der Waals surface area (Å²) in [6, 6.07) is 0. The predicted molar refractivity (Wildman–Crippen MR) is 72.7 cm³/mol. The molecule has 0 radical (unpaired) electrons. The molecule has 0 aromatic carbocycles. The molecular weight excluding hydrogens is 322 g/mol. The molecule has 5 nitrogen and oxygen atoms in total. The van der Waals surface area contributed by atoms with E-state index in [1.54, 1.807) is 6.33 Å². The molecule has 0 saturated heterocycles. The Hall–Kier alpha value is -0.730. The Morgan fingerprint density at radius 3 is 2.94 bits per heavy atom. The molecule has 0 amide bonds. The fraction of sp³-hybridized carbons (Fsp3) is 0.333. The van der Waals surface area contributed by atoms with Gasteiger partial charge in [0, 0.05) is 6.54 Å². The quantitative estimate of drug-likeness (QED) is 0.869. The van der Waals surface area contributed by atoms with E-state index in [0.717, 1.165) is 32.0 Å². The minimum atomic E-state index is 0.787. The molecule has 2 rings (SSSR count). The molecule has 1 N–H and O–H groups in total. The van der Waals surface area contributed by atoms with Gasteiger partial charge in [-0.15, -0.1) is 0 Å². The van der Waals surface area contributed by atoms with Crippen LogP contribution in [0.2, 0.25) is 0 Å². The Bertz CT molecular complexity index is 516. The predicted octanol–water partition coefficient (Wildman–Crippen LogP) is 2.98. The van der Waals surface area contributed by atoms with Crippen molar-refractivity contribution in [1.29, 1.82) is 0 Å². The molecule has 0 aliphatic heterocycles. The van der Waals surface area contributed by atoms with E-state index in [4.69, 9.17) is 0 Å². The van der Waals surface area contributed by atoms with Crippen LogP contribution in [0, 0.1) is 6.92 Å². The van der Waals surface area contributed by atoms with Crippen LogP contribution >= 0.6 is 39.2 Å². The van der Waals surface area contributed by atoms with Gasteiger partial charge in [-0.25, -0.2) is 15.0 Å². The molecule has 8 heteroatoms. The first kappa shape index (κ1) is 12.7. The van der Waals surface area contributed by atoms with Crippen molar-refractivity contribution in [3.05, 3.63) is 16.6 Å². The summed E-state index contributed by atoms with van der Waals surface area (Å²) in [5.41, 5.74) is 0. The third-order valence-electron chi connectivity index (χ3n) is 1.79. The molecule has 0 aliphatic rings. The summed E-state index contributed by atoms with van der Waals surface area (Å²) < 4.78 is 5.88. The van der Waals surface area contributed by atoms with Gasteiger partial charge in [0.1, 0.15) is 23.0 Å². The average Bonchev–Trinajstić information content (AvgIpc) is 2.70. The highest BCUT2D eigenvalue weighted by atomic mass is 79.9. The molecule has 90 valence electrons. The van der Waals surface area contributed by atoms with Crippen molar-refractivity contribution < 1.29 is 0 Å². The average molecular weight is 332 g/mol. The number of hydrogen-bond donors (Lipinski definition) is 1. The molecule has 2 heterocycles. The summed E-state index contributed by atoms with van der Waals surface area (Å²) in [5, 5.41) is 4.00. The minimum absolute atomic E-state index is 0.787. The largest absolute Gasteiger partial charge is 0.369 e. The van der Waals surface area contributed by atoms with E-state index in [0.29, 0.717) is 0 Å². The molecule has 0 atom stereocenters. The second kappa shape index (κ2) is 5.74. The van der Waals surface area contributed by atoms with Crippen LogP contribution in [0.3, 0.4) is 0 Å². The lowest BCUT2D eigenvalue weighted by Gasteiger charge is -2.06. The highest BCUT2D eigenvalue weighted by Crippen LogP contribution is 2.35. The van der Waals surface area contributed by atoms with Gasteiger partial charge in [-0.2, -0.15) is 4.37 Å². The highest BCUT2D eigenvalue weighted by molar-refractivity contribution is 9.10. The second-order valence-electron chi connectivity index (χ2n) is 3.08. The number of aromatic nitrogens is 4. The highest BCUT2D eigenvalue weighted by Gasteiger charge is 2.11. The number of nitrogens with one attached hydrogen (secondary N) is 1. The van der Waals surface area contributed by atoms with E-state index in [1.807, 2.05) is 13.8 Å². The van der Waals surface area contributed by atoms with Crippen molar-refractivity contribution >= 4 is 45.0 Å². The van der Waals surface area contributed by atoms with Crippen LogP contribution in [0.15, 0.2) is 20.2 Å². The SMILES string of the molecule is CCNc1ncnc(Sc2nc(C)ns2)c1Br. The molecule has 2 aromatic rings. The number of nitrogens with zero attached hydrogens (tertiary/aromatic N) is 4. The van der Waals surface area contributed by atoms with Gasteiger partial charge in [-0.3, -0.25) is 0 Å². The van der Waals surface area contributed by atoms with Crippen LogP contribution in [0.25, 0.3) is 0 Å². The van der Waals surface area contributed by atoms with Gasteiger partial charge in [0.2, 0.25) is 0 Å². The smallest absolute Gasteiger partial charge is 0.176 e. The fourth-order valence-electron chi connectivity index (χ4n) is 1.12. The Morgan fingerprint density at radius 2 is 2.29 bits per heavy atom. The van der Waals surface area contributed by atoms with Gasteiger partial charge in [0.25, 0.3) is 0 Å². The number of aryl methyl sites for hydroxylation is 1. The molecule has 0 fully saturated rings. The van der Waals surface area contributed by atoms with Crippen LogP contribution in [0.4, 0.5) is 5.82 Å². The van der Waals surface area contributed by atoms with Crippen molar-refractivity contribution in [2.75, 3.05) is 11.9 Å². The van der Waals surface area contributed by atoms with Crippen molar-refractivity contribution in [2.24, 2.45) is 0 Å².